The number of nitrogens with one attached hydrogen (secondary N) is 1. The maximum Gasteiger partial charge on any atom is 0.117 e. The number of furan rings is 1. The van der Waals surface area contributed by atoms with Crippen molar-refractivity contribution in [2.75, 3.05) is 7.05 Å². The predicted octanol–water partition coefficient (Wildman–Crippen LogP) is 3.60. The van der Waals surface area contributed by atoms with E-state index in [4.69, 9.17) is 4.42 Å². The fraction of sp³-hybridized carbons (Fsp3) is 0.412. The molecule has 1 unspecified atom stereocenters. The summed E-state index contributed by atoms with van der Waals surface area (Å²) >= 11 is 0. The fourth-order valence-corrected chi connectivity index (χ4v) is 3.11. The van der Waals surface area contributed by atoms with E-state index in [9.17, 15) is 4.21 Å². The lowest BCUT2D eigenvalue weighted by atomic mass is 9.87. The first kappa shape index (κ1) is 16.0. The zero-order valence-electron chi connectivity index (χ0n) is 13.1. The van der Waals surface area contributed by atoms with Crippen LogP contribution in [0.3, 0.4) is 0 Å². The van der Waals surface area contributed by atoms with Crippen LogP contribution in [0.4, 0.5) is 0 Å². The lowest BCUT2D eigenvalue weighted by molar-refractivity contribution is 0.467. The van der Waals surface area contributed by atoms with Gasteiger partial charge in [0.15, 0.2) is 0 Å². The Balaban J connectivity index is 2.06. The van der Waals surface area contributed by atoms with Gasteiger partial charge in [-0.3, -0.25) is 4.21 Å². The van der Waals surface area contributed by atoms with Crippen LogP contribution in [0.1, 0.15) is 37.9 Å². The normalized spacial score (nSPS) is 13.3. The Hall–Kier alpha value is -1.39. The highest BCUT2D eigenvalue weighted by atomic mass is 32.2. The Morgan fingerprint density at radius 2 is 1.67 bits per heavy atom. The molecule has 0 fully saturated rings. The summed E-state index contributed by atoms with van der Waals surface area (Å²) in [5.41, 5.74) is 1.36. The number of hydrogen-bond donors (Lipinski definition) is 1. The Morgan fingerprint density at radius 3 is 2.24 bits per heavy atom. The smallest absolute Gasteiger partial charge is 0.117 e. The van der Waals surface area contributed by atoms with Gasteiger partial charge in [-0.25, -0.2) is 0 Å². The summed E-state index contributed by atoms with van der Waals surface area (Å²) in [7, 11) is 0.798. The van der Waals surface area contributed by atoms with E-state index in [1.165, 1.54) is 5.56 Å². The summed E-state index contributed by atoms with van der Waals surface area (Å²) in [5.74, 6) is 2.05. The van der Waals surface area contributed by atoms with Gasteiger partial charge in [-0.2, -0.15) is 0 Å². The van der Waals surface area contributed by atoms with E-state index >= 15 is 0 Å². The standard InChI is InChI=1S/C17H23NO2S/c1-17(2,3)13-5-9-16(10-6-13)21(19)12-15-8-7-14(20-15)11-18-4/h5-10,18H,11-12H2,1-4H3. The Bertz CT molecular complexity index is 608. The van der Waals surface area contributed by atoms with E-state index in [-0.39, 0.29) is 5.41 Å². The van der Waals surface area contributed by atoms with Crippen LogP contribution in [-0.4, -0.2) is 11.3 Å². The van der Waals surface area contributed by atoms with Crippen LogP contribution in [0, 0.1) is 0 Å². The average Bonchev–Trinajstić information content (AvgIpc) is 2.86. The largest absolute Gasteiger partial charge is 0.464 e. The molecule has 2 aromatic rings. The summed E-state index contributed by atoms with van der Waals surface area (Å²) in [6.07, 6.45) is 0. The van der Waals surface area contributed by atoms with Crippen LogP contribution < -0.4 is 5.32 Å². The molecule has 1 atom stereocenters. The molecule has 21 heavy (non-hydrogen) atoms. The first-order valence-electron chi connectivity index (χ1n) is 7.11. The van der Waals surface area contributed by atoms with Gasteiger partial charge in [-0.15, -0.1) is 0 Å². The van der Waals surface area contributed by atoms with Crippen LogP contribution in [0.5, 0.6) is 0 Å². The first-order valence-corrected chi connectivity index (χ1v) is 8.43. The molecule has 0 aliphatic rings. The van der Waals surface area contributed by atoms with Gasteiger partial charge in [0.2, 0.25) is 0 Å². The Labute approximate surface area is 129 Å². The van der Waals surface area contributed by atoms with Crippen molar-refractivity contribution < 1.29 is 8.63 Å². The predicted molar refractivity (Wildman–Crippen MR) is 86.7 cm³/mol. The fourth-order valence-electron chi connectivity index (χ4n) is 2.09. The molecule has 1 aromatic carbocycles. The molecular formula is C17H23NO2S. The van der Waals surface area contributed by atoms with Gasteiger partial charge in [-0.05, 0) is 42.3 Å². The van der Waals surface area contributed by atoms with Gasteiger partial charge in [-0.1, -0.05) is 32.9 Å². The van der Waals surface area contributed by atoms with Crippen LogP contribution in [-0.2, 0) is 28.5 Å². The van der Waals surface area contributed by atoms with E-state index < -0.39 is 10.8 Å². The summed E-state index contributed by atoms with van der Waals surface area (Å²) in [5, 5.41) is 3.03. The van der Waals surface area contributed by atoms with Crippen molar-refractivity contribution in [3.63, 3.8) is 0 Å². The van der Waals surface area contributed by atoms with Gasteiger partial charge in [0, 0.05) is 4.90 Å². The van der Waals surface area contributed by atoms with Crippen molar-refractivity contribution in [3.8, 4) is 0 Å². The van der Waals surface area contributed by atoms with E-state index in [0.29, 0.717) is 12.3 Å². The molecule has 0 spiro atoms. The van der Waals surface area contributed by atoms with Crippen molar-refractivity contribution in [2.45, 2.75) is 43.4 Å². The Kier molecular flexibility index (Phi) is 5.01. The Morgan fingerprint density at radius 1 is 1.05 bits per heavy atom. The number of rotatable bonds is 5. The van der Waals surface area contributed by atoms with E-state index in [2.05, 4.69) is 38.2 Å². The molecule has 0 amide bonds. The zero-order valence-corrected chi connectivity index (χ0v) is 13.9. The molecule has 1 heterocycles. The minimum absolute atomic E-state index is 0.114. The van der Waals surface area contributed by atoms with Gasteiger partial charge in [0.1, 0.15) is 11.5 Å². The third-order valence-corrected chi connectivity index (χ3v) is 4.67. The lowest BCUT2D eigenvalue weighted by Crippen LogP contribution is -2.10. The molecule has 0 aliphatic carbocycles. The van der Waals surface area contributed by atoms with Crippen LogP contribution in [0.15, 0.2) is 45.7 Å². The van der Waals surface area contributed by atoms with Crippen molar-refractivity contribution >= 4 is 10.8 Å². The molecular weight excluding hydrogens is 282 g/mol. The van der Waals surface area contributed by atoms with Crippen molar-refractivity contribution in [1.29, 1.82) is 0 Å². The summed E-state index contributed by atoms with van der Waals surface area (Å²) in [6, 6.07) is 11.8. The van der Waals surface area contributed by atoms with E-state index in [1.54, 1.807) is 0 Å². The first-order chi connectivity index (χ1) is 9.90. The summed E-state index contributed by atoms with van der Waals surface area (Å²) in [6.45, 7) is 7.20. The second-order valence-corrected chi connectivity index (χ2v) is 7.61. The van der Waals surface area contributed by atoms with Crippen LogP contribution in [0.25, 0.3) is 0 Å². The highest BCUT2D eigenvalue weighted by Gasteiger charge is 2.14. The molecule has 2 rings (SSSR count). The highest BCUT2D eigenvalue weighted by molar-refractivity contribution is 7.84. The molecule has 0 bridgehead atoms. The summed E-state index contributed by atoms with van der Waals surface area (Å²) < 4.78 is 18.0. The SMILES string of the molecule is CNCc1ccc(CS(=O)c2ccc(C(C)(C)C)cc2)o1. The van der Waals surface area contributed by atoms with Crippen LogP contribution >= 0.6 is 0 Å². The van der Waals surface area contributed by atoms with Gasteiger partial charge in [0.05, 0.1) is 23.1 Å². The molecule has 4 heteroatoms. The van der Waals surface area contributed by atoms with Gasteiger partial charge in [0.25, 0.3) is 0 Å². The quantitative estimate of drug-likeness (QED) is 0.917. The van der Waals surface area contributed by atoms with Gasteiger partial charge >= 0.3 is 0 Å². The number of hydrogen-bond acceptors (Lipinski definition) is 3. The van der Waals surface area contributed by atoms with Crippen molar-refractivity contribution in [3.05, 3.63) is 53.5 Å². The molecule has 1 aromatic heterocycles. The second-order valence-electron chi connectivity index (χ2n) is 6.16. The molecule has 0 aliphatic heterocycles. The van der Waals surface area contributed by atoms with Gasteiger partial charge < -0.3 is 9.73 Å². The summed E-state index contributed by atoms with van der Waals surface area (Å²) in [4.78, 5) is 0.842. The topological polar surface area (TPSA) is 42.2 Å². The second kappa shape index (κ2) is 6.58. The minimum atomic E-state index is -1.07. The van der Waals surface area contributed by atoms with Crippen LogP contribution in [0.2, 0.25) is 0 Å². The maximum atomic E-state index is 12.4. The molecule has 1 N–H and O–H groups in total. The van der Waals surface area contributed by atoms with Crippen molar-refractivity contribution in [2.24, 2.45) is 0 Å². The average molecular weight is 305 g/mol. The lowest BCUT2D eigenvalue weighted by Gasteiger charge is -2.18. The molecule has 0 saturated heterocycles. The third-order valence-electron chi connectivity index (χ3n) is 3.32. The molecule has 0 radical (unpaired) electrons. The maximum absolute atomic E-state index is 12.4. The third kappa shape index (κ3) is 4.29. The van der Waals surface area contributed by atoms with E-state index in [1.807, 2.05) is 31.3 Å². The zero-order chi connectivity index (χ0) is 15.5. The van der Waals surface area contributed by atoms with E-state index in [0.717, 1.165) is 16.4 Å². The molecule has 0 saturated carbocycles. The molecule has 114 valence electrons. The highest BCUT2D eigenvalue weighted by Crippen LogP contribution is 2.23. The molecule has 3 nitrogen and oxygen atoms in total. The number of benzene rings is 1. The van der Waals surface area contributed by atoms with Crippen molar-refractivity contribution in [1.82, 2.24) is 5.32 Å². The minimum Gasteiger partial charge on any atom is -0.464 e. The monoisotopic (exact) mass is 305 g/mol.